The molecule has 2 aromatic rings. The molecule has 0 saturated heterocycles. The maximum absolute atomic E-state index is 13.0. The fraction of sp³-hybridized carbons (Fsp3) is 0.353. The van der Waals surface area contributed by atoms with Gasteiger partial charge in [0.25, 0.3) is 0 Å². The zero-order valence-corrected chi connectivity index (χ0v) is 13.0. The van der Waals surface area contributed by atoms with E-state index in [-0.39, 0.29) is 11.4 Å². The van der Waals surface area contributed by atoms with Gasteiger partial charge in [0, 0.05) is 36.7 Å². The number of aromatic nitrogens is 1. The molecule has 0 atom stereocenters. The molecule has 0 radical (unpaired) electrons. The smallest absolute Gasteiger partial charge is 0.123 e. The van der Waals surface area contributed by atoms with Crippen LogP contribution < -0.4 is 10.2 Å². The van der Waals surface area contributed by atoms with Crippen molar-refractivity contribution in [1.82, 2.24) is 10.3 Å². The highest BCUT2D eigenvalue weighted by atomic mass is 19.1. The standard InChI is InChI=1S/C17H22FN3/c1-17(2,3)20-12-14-11-16(9-10-19-14)21(4)15-7-5-13(18)6-8-15/h5-11,20H,12H2,1-4H3. The van der Waals surface area contributed by atoms with Crippen LogP contribution in [0.15, 0.2) is 42.6 Å². The number of hydrogen-bond acceptors (Lipinski definition) is 3. The predicted octanol–water partition coefficient (Wildman–Crippen LogP) is 3.88. The van der Waals surface area contributed by atoms with Gasteiger partial charge < -0.3 is 10.2 Å². The molecule has 0 aliphatic carbocycles. The fourth-order valence-corrected chi connectivity index (χ4v) is 1.94. The number of hydrogen-bond donors (Lipinski definition) is 1. The molecule has 0 spiro atoms. The summed E-state index contributed by atoms with van der Waals surface area (Å²) in [5.74, 6) is -0.225. The number of anilines is 2. The Morgan fingerprint density at radius 2 is 1.76 bits per heavy atom. The first-order chi connectivity index (χ1) is 9.85. The van der Waals surface area contributed by atoms with Gasteiger partial charge in [-0.3, -0.25) is 4.98 Å². The van der Waals surface area contributed by atoms with Crippen LogP contribution in [0, 0.1) is 5.82 Å². The molecule has 0 fully saturated rings. The largest absolute Gasteiger partial charge is 0.345 e. The monoisotopic (exact) mass is 287 g/mol. The summed E-state index contributed by atoms with van der Waals surface area (Å²) in [6.45, 7) is 7.10. The topological polar surface area (TPSA) is 28.2 Å². The Bertz CT molecular complexity index is 588. The van der Waals surface area contributed by atoms with Crippen molar-refractivity contribution in [3.05, 3.63) is 54.1 Å². The van der Waals surface area contributed by atoms with E-state index in [1.54, 1.807) is 18.3 Å². The second-order valence-corrected chi connectivity index (χ2v) is 6.14. The lowest BCUT2D eigenvalue weighted by atomic mass is 10.1. The van der Waals surface area contributed by atoms with Gasteiger partial charge in [0.05, 0.1) is 5.69 Å². The average molecular weight is 287 g/mol. The Morgan fingerprint density at radius 1 is 1.10 bits per heavy atom. The van der Waals surface area contributed by atoms with Crippen molar-refractivity contribution in [1.29, 1.82) is 0 Å². The number of rotatable bonds is 4. The number of nitrogens with one attached hydrogen (secondary N) is 1. The van der Waals surface area contributed by atoms with Gasteiger partial charge in [0.15, 0.2) is 0 Å². The van der Waals surface area contributed by atoms with Crippen LogP contribution in [0.2, 0.25) is 0 Å². The normalized spacial score (nSPS) is 11.5. The second kappa shape index (κ2) is 6.22. The zero-order valence-electron chi connectivity index (χ0n) is 13.0. The Labute approximate surface area is 125 Å². The summed E-state index contributed by atoms with van der Waals surface area (Å²) >= 11 is 0. The molecule has 1 aromatic heterocycles. The SMILES string of the molecule is CN(c1ccc(F)cc1)c1ccnc(CNC(C)(C)C)c1. The van der Waals surface area contributed by atoms with Crippen molar-refractivity contribution in [3.8, 4) is 0 Å². The van der Waals surface area contributed by atoms with Gasteiger partial charge in [-0.05, 0) is 57.2 Å². The van der Waals surface area contributed by atoms with Crippen molar-refractivity contribution in [2.24, 2.45) is 0 Å². The number of halogens is 1. The molecule has 1 N–H and O–H groups in total. The molecule has 4 heteroatoms. The first kappa shape index (κ1) is 15.4. The van der Waals surface area contributed by atoms with E-state index >= 15 is 0 Å². The minimum Gasteiger partial charge on any atom is -0.345 e. The third kappa shape index (κ3) is 4.53. The van der Waals surface area contributed by atoms with Crippen LogP contribution in [0.3, 0.4) is 0 Å². The maximum atomic E-state index is 13.0. The van der Waals surface area contributed by atoms with Crippen LogP contribution in [0.25, 0.3) is 0 Å². The van der Waals surface area contributed by atoms with Crippen LogP contribution in [0.1, 0.15) is 26.5 Å². The Balaban J connectivity index is 2.14. The Kier molecular flexibility index (Phi) is 4.58. The highest BCUT2D eigenvalue weighted by Crippen LogP contribution is 2.23. The fourth-order valence-electron chi connectivity index (χ4n) is 1.94. The Morgan fingerprint density at radius 3 is 2.38 bits per heavy atom. The summed E-state index contributed by atoms with van der Waals surface area (Å²) in [5.41, 5.74) is 3.01. The molecule has 0 unspecified atom stereocenters. The molecule has 1 aromatic carbocycles. The summed E-state index contributed by atoms with van der Waals surface area (Å²) in [6.07, 6.45) is 1.80. The van der Waals surface area contributed by atoms with E-state index in [2.05, 4.69) is 31.1 Å². The predicted molar refractivity (Wildman–Crippen MR) is 85.3 cm³/mol. The molecule has 0 aliphatic heterocycles. The van der Waals surface area contributed by atoms with Crippen molar-refractivity contribution in [3.63, 3.8) is 0 Å². The quantitative estimate of drug-likeness (QED) is 0.925. The lowest BCUT2D eigenvalue weighted by molar-refractivity contribution is 0.421. The van der Waals surface area contributed by atoms with E-state index in [1.165, 1.54) is 12.1 Å². The summed E-state index contributed by atoms with van der Waals surface area (Å²) < 4.78 is 13.0. The van der Waals surface area contributed by atoms with Crippen LogP contribution in [0.5, 0.6) is 0 Å². The minimum absolute atomic E-state index is 0.0561. The van der Waals surface area contributed by atoms with Gasteiger partial charge in [-0.1, -0.05) is 0 Å². The molecule has 0 amide bonds. The first-order valence-corrected chi connectivity index (χ1v) is 7.04. The van der Waals surface area contributed by atoms with Crippen LogP contribution in [-0.2, 0) is 6.54 Å². The molecular formula is C17H22FN3. The van der Waals surface area contributed by atoms with E-state index < -0.39 is 0 Å². The molecule has 3 nitrogen and oxygen atoms in total. The molecule has 1 heterocycles. The van der Waals surface area contributed by atoms with Crippen LogP contribution in [-0.4, -0.2) is 17.6 Å². The minimum atomic E-state index is -0.225. The van der Waals surface area contributed by atoms with Crippen molar-refractivity contribution < 1.29 is 4.39 Å². The van der Waals surface area contributed by atoms with Crippen molar-refractivity contribution in [2.45, 2.75) is 32.9 Å². The Hall–Kier alpha value is -1.94. The van der Waals surface area contributed by atoms with Crippen molar-refractivity contribution >= 4 is 11.4 Å². The van der Waals surface area contributed by atoms with Crippen molar-refractivity contribution in [2.75, 3.05) is 11.9 Å². The zero-order chi connectivity index (χ0) is 15.5. The summed E-state index contributed by atoms with van der Waals surface area (Å²) in [7, 11) is 1.96. The lowest BCUT2D eigenvalue weighted by Gasteiger charge is -2.22. The van der Waals surface area contributed by atoms with Crippen LogP contribution >= 0.6 is 0 Å². The number of pyridine rings is 1. The molecular weight excluding hydrogens is 265 g/mol. The number of benzene rings is 1. The molecule has 2 rings (SSSR count). The van der Waals surface area contributed by atoms with Gasteiger partial charge in [0.1, 0.15) is 5.82 Å². The van der Waals surface area contributed by atoms with Gasteiger partial charge in [-0.25, -0.2) is 4.39 Å². The van der Waals surface area contributed by atoms with Gasteiger partial charge in [-0.15, -0.1) is 0 Å². The van der Waals surface area contributed by atoms with Gasteiger partial charge in [0.2, 0.25) is 0 Å². The highest BCUT2D eigenvalue weighted by Gasteiger charge is 2.10. The third-order valence-electron chi connectivity index (χ3n) is 3.20. The van der Waals surface area contributed by atoms with E-state index in [0.717, 1.165) is 17.1 Å². The van der Waals surface area contributed by atoms with Crippen LogP contribution in [0.4, 0.5) is 15.8 Å². The first-order valence-electron chi connectivity index (χ1n) is 7.04. The molecule has 0 saturated carbocycles. The number of nitrogens with zero attached hydrogens (tertiary/aromatic N) is 2. The summed E-state index contributed by atoms with van der Waals surface area (Å²) in [6, 6.07) is 10.5. The van der Waals surface area contributed by atoms with E-state index in [4.69, 9.17) is 0 Å². The average Bonchev–Trinajstić information content (AvgIpc) is 2.45. The van der Waals surface area contributed by atoms with E-state index in [1.807, 2.05) is 24.1 Å². The van der Waals surface area contributed by atoms with Gasteiger partial charge >= 0.3 is 0 Å². The summed E-state index contributed by atoms with van der Waals surface area (Å²) in [5, 5.41) is 3.42. The van der Waals surface area contributed by atoms with Gasteiger partial charge in [-0.2, -0.15) is 0 Å². The molecule has 0 aliphatic rings. The maximum Gasteiger partial charge on any atom is 0.123 e. The summed E-state index contributed by atoms with van der Waals surface area (Å²) in [4.78, 5) is 6.40. The van der Waals surface area contributed by atoms with E-state index in [0.29, 0.717) is 6.54 Å². The lowest BCUT2D eigenvalue weighted by Crippen LogP contribution is -2.35. The molecule has 21 heavy (non-hydrogen) atoms. The molecule has 0 bridgehead atoms. The third-order valence-corrected chi connectivity index (χ3v) is 3.20. The highest BCUT2D eigenvalue weighted by molar-refractivity contribution is 5.62. The molecule has 112 valence electrons. The second-order valence-electron chi connectivity index (χ2n) is 6.14. The van der Waals surface area contributed by atoms with E-state index in [9.17, 15) is 4.39 Å².